The van der Waals surface area contributed by atoms with Gasteiger partial charge >= 0.3 is 0 Å². The number of hydrogen-bond donors (Lipinski definition) is 1. The highest BCUT2D eigenvalue weighted by Crippen LogP contribution is 2.24. The Bertz CT molecular complexity index is 603. The Hall–Kier alpha value is -1.87. The third-order valence-corrected chi connectivity index (χ3v) is 3.90. The molecule has 0 unspecified atom stereocenters. The molecule has 0 radical (unpaired) electrons. The van der Waals surface area contributed by atoms with Crippen molar-refractivity contribution < 1.29 is 0 Å². The molecule has 0 aliphatic carbocycles. The molecule has 2 rings (SSSR count). The van der Waals surface area contributed by atoms with Crippen LogP contribution in [0, 0.1) is 13.8 Å². The lowest BCUT2D eigenvalue weighted by Gasteiger charge is -2.24. The Kier molecular flexibility index (Phi) is 4.97. The number of nitrogens with zero attached hydrogens (tertiary/aromatic N) is 2. The first kappa shape index (κ1) is 15.5. The molecule has 21 heavy (non-hydrogen) atoms. The summed E-state index contributed by atoms with van der Waals surface area (Å²) in [7, 11) is 2.11. The van der Waals surface area contributed by atoms with Gasteiger partial charge in [0, 0.05) is 42.8 Å². The largest absolute Gasteiger partial charge is 0.370 e. The first-order valence-corrected chi connectivity index (χ1v) is 7.51. The zero-order valence-electron chi connectivity index (χ0n) is 13.5. The predicted molar refractivity (Wildman–Crippen MR) is 89.5 cm³/mol. The molecule has 0 aliphatic heterocycles. The van der Waals surface area contributed by atoms with Gasteiger partial charge in [-0.2, -0.15) is 0 Å². The second-order valence-electron chi connectivity index (χ2n) is 5.58. The quantitative estimate of drug-likeness (QED) is 0.915. The maximum atomic E-state index is 5.90. The van der Waals surface area contributed by atoms with E-state index >= 15 is 0 Å². The molecule has 0 fully saturated rings. The van der Waals surface area contributed by atoms with Crippen LogP contribution < -0.4 is 10.6 Å². The Morgan fingerprint density at radius 2 is 1.71 bits per heavy atom. The Morgan fingerprint density at radius 1 is 1.10 bits per heavy atom. The van der Waals surface area contributed by atoms with Crippen LogP contribution in [0.3, 0.4) is 0 Å². The number of rotatable bonds is 5. The highest BCUT2D eigenvalue weighted by Gasteiger charge is 2.11. The van der Waals surface area contributed by atoms with Crippen molar-refractivity contribution in [2.75, 3.05) is 11.9 Å². The van der Waals surface area contributed by atoms with Gasteiger partial charge in [0.1, 0.15) is 0 Å². The van der Waals surface area contributed by atoms with Gasteiger partial charge in [0.05, 0.1) is 0 Å². The lowest BCUT2D eigenvalue weighted by Crippen LogP contribution is -2.20. The lowest BCUT2D eigenvalue weighted by molar-refractivity contribution is 0.884. The average Bonchev–Trinajstić information content (AvgIpc) is 2.47. The molecular formula is C18H25N3. The van der Waals surface area contributed by atoms with Gasteiger partial charge in [-0.05, 0) is 37.5 Å². The number of aromatic nitrogens is 1. The average molecular weight is 283 g/mol. The summed E-state index contributed by atoms with van der Waals surface area (Å²) < 4.78 is 0. The van der Waals surface area contributed by atoms with E-state index in [0.29, 0.717) is 6.54 Å². The van der Waals surface area contributed by atoms with Crippen molar-refractivity contribution in [2.45, 2.75) is 40.3 Å². The minimum atomic E-state index is 0.521. The molecule has 2 aromatic rings. The van der Waals surface area contributed by atoms with E-state index in [1.807, 2.05) is 13.8 Å². The standard InChI is InChI=1S/C18H25N3/c1-5-15-6-8-16(9-7-15)12-21(4)18-10-13(2)20-14(3)17(18)11-19/h6-10H,5,11-12,19H2,1-4H3. The van der Waals surface area contributed by atoms with Crippen molar-refractivity contribution >= 4 is 5.69 Å². The van der Waals surface area contributed by atoms with Gasteiger partial charge in [0.25, 0.3) is 0 Å². The normalized spacial score (nSPS) is 10.7. The van der Waals surface area contributed by atoms with Gasteiger partial charge in [-0.15, -0.1) is 0 Å². The van der Waals surface area contributed by atoms with E-state index in [9.17, 15) is 0 Å². The van der Waals surface area contributed by atoms with Gasteiger partial charge in [-0.1, -0.05) is 31.2 Å². The molecule has 1 aromatic carbocycles. The van der Waals surface area contributed by atoms with E-state index in [2.05, 4.69) is 54.2 Å². The Balaban J connectivity index is 2.25. The third kappa shape index (κ3) is 3.61. The number of aryl methyl sites for hydroxylation is 3. The predicted octanol–water partition coefficient (Wildman–Crippen LogP) is 3.36. The molecule has 0 atom stereocenters. The van der Waals surface area contributed by atoms with Crippen molar-refractivity contribution in [3.8, 4) is 0 Å². The van der Waals surface area contributed by atoms with Gasteiger partial charge in [-0.25, -0.2) is 0 Å². The summed E-state index contributed by atoms with van der Waals surface area (Å²) in [5.74, 6) is 0. The van der Waals surface area contributed by atoms with E-state index in [1.165, 1.54) is 16.8 Å². The zero-order valence-corrected chi connectivity index (χ0v) is 13.5. The molecule has 0 saturated carbocycles. The number of pyridine rings is 1. The van der Waals surface area contributed by atoms with Crippen LogP contribution in [0.2, 0.25) is 0 Å². The molecule has 1 aromatic heterocycles. The van der Waals surface area contributed by atoms with Crippen LogP contribution in [0.1, 0.15) is 35.0 Å². The van der Waals surface area contributed by atoms with Gasteiger partial charge in [0.2, 0.25) is 0 Å². The summed E-state index contributed by atoms with van der Waals surface area (Å²) in [5.41, 5.74) is 13.0. The van der Waals surface area contributed by atoms with E-state index in [-0.39, 0.29) is 0 Å². The molecule has 0 spiro atoms. The monoisotopic (exact) mass is 283 g/mol. The summed E-state index contributed by atoms with van der Waals surface area (Å²) in [5, 5.41) is 0. The smallest absolute Gasteiger partial charge is 0.0448 e. The van der Waals surface area contributed by atoms with E-state index < -0.39 is 0 Å². The molecule has 0 amide bonds. The molecule has 2 N–H and O–H groups in total. The number of nitrogens with two attached hydrogens (primary N) is 1. The molecule has 3 heteroatoms. The maximum Gasteiger partial charge on any atom is 0.0448 e. The third-order valence-electron chi connectivity index (χ3n) is 3.90. The highest BCUT2D eigenvalue weighted by molar-refractivity contribution is 5.55. The number of anilines is 1. The summed E-state index contributed by atoms with van der Waals surface area (Å²) in [6, 6.07) is 10.9. The summed E-state index contributed by atoms with van der Waals surface area (Å²) in [4.78, 5) is 6.77. The minimum Gasteiger partial charge on any atom is -0.370 e. The fraction of sp³-hybridized carbons (Fsp3) is 0.389. The maximum absolute atomic E-state index is 5.90. The number of hydrogen-bond acceptors (Lipinski definition) is 3. The first-order chi connectivity index (χ1) is 10.0. The molecule has 1 heterocycles. The molecule has 0 saturated heterocycles. The van der Waals surface area contributed by atoms with Crippen LogP contribution in [0.25, 0.3) is 0 Å². The zero-order chi connectivity index (χ0) is 15.4. The Morgan fingerprint density at radius 3 is 2.29 bits per heavy atom. The second kappa shape index (κ2) is 6.72. The highest BCUT2D eigenvalue weighted by atomic mass is 15.1. The van der Waals surface area contributed by atoms with Crippen molar-refractivity contribution in [2.24, 2.45) is 5.73 Å². The van der Waals surface area contributed by atoms with Crippen LogP contribution in [0.15, 0.2) is 30.3 Å². The Labute approximate surface area is 127 Å². The van der Waals surface area contributed by atoms with Gasteiger partial charge in [-0.3, -0.25) is 4.98 Å². The summed E-state index contributed by atoms with van der Waals surface area (Å²) in [6.45, 7) is 7.63. The van der Waals surface area contributed by atoms with Gasteiger partial charge in [0.15, 0.2) is 0 Å². The molecule has 0 bridgehead atoms. The van der Waals surface area contributed by atoms with Crippen molar-refractivity contribution in [3.63, 3.8) is 0 Å². The molecular weight excluding hydrogens is 258 g/mol. The minimum absolute atomic E-state index is 0.521. The van der Waals surface area contributed by atoms with Crippen molar-refractivity contribution in [3.05, 3.63) is 58.4 Å². The molecule has 0 aliphatic rings. The summed E-state index contributed by atoms with van der Waals surface area (Å²) in [6.07, 6.45) is 1.08. The van der Waals surface area contributed by atoms with E-state index in [1.54, 1.807) is 0 Å². The molecule has 112 valence electrons. The van der Waals surface area contributed by atoms with Crippen LogP contribution in [0.4, 0.5) is 5.69 Å². The lowest BCUT2D eigenvalue weighted by atomic mass is 10.1. The second-order valence-corrected chi connectivity index (χ2v) is 5.58. The SMILES string of the molecule is CCc1ccc(CN(C)c2cc(C)nc(C)c2CN)cc1. The van der Waals surface area contributed by atoms with Crippen LogP contribution in [0.5, 0.6) is 0 Å². The fourth-order valence-corrected chi connectivity index (χ4v) is 2.67. The number of benzene rings is 1. The van der Waals surface area contributed by atoms with Crippen LogP contribution >= 0.6 is 0 Å². The topological polar surface area (TPSA) is 42.2 Å². The van der Waals surface area contributed by atoms with Crippen LogP contribution in [-0.4, -0.2) is 12.0 Å². The fourth-order valence-electron chi connectivity index (χ4n) is 2.67. The molecule has 3 nitrogen and oxygen atoms in total. The summed E-state index contributed by atoms with van der Waals surface area (Å²) >= 11 is 0. The van der Waals surface area contributed by atoms with Crippen molar-refractivity contribution in [1.29, 1.82) is 0 Å². The van der Waals surface area contributed by atoms with Crippen molar-refractivity contribution in [1.82, 2.24) is 4.98 Å². The first-order valence-electron chi connectivity index (χ1n) is 7.51. The van der Waals surface area contributed by atoms with Crippen LogP contribution in [-0.2, 0) is 19.5 Å². The van der Waals surface area contributed by atoms with E-state index in [0.717, 1.165) is 29.9 Å². The van der Waals surface area contributed by atoms with E-state index in [4.69, 9.17) is 5.73 Å². The van der Waals surface area contributed by atoms with Gasteiger partial charge < -0.3 is 10.6 Å².